The molecule has 1 aliphatic rings. The van der Waals surface area contributed by atoms with Crippen LogP contribution in [0.4, 0.5) is 4.79 Å². The lowest BCUT2D eigenvalue weighted by atomic mass is 9.81. The van der Waals surface area contributed by atoms with Gasteiger partial charge in [0.25, 0.3) is 0 Å². The SMILES string of the molecule is CCC(CC)(CNC(=O)OCC1c2ccccc2-c2ccccc21)C(=O)NCCC(C)C(=O)O. The molecule has 7 nitrogen and oxygen atoms in total. The van der Waals surface area contributed by atoms with Gasteiger partial charge < -0.3 is 20.5 Å². The second-order valence-electron chi connectivity index (χ2n) is 8.95. The van der Waals surface area contributed by atoms with Crippen LogP contribution in [0.3, 0.4) is 0 Å². The molecule has 0 aliphatic heterocycles. The van der Waals surface area contributed by atoms with Crippen molar-refractivity contribution in [1.29, 1.82) is 0 Å². The number of aliphatic carboxylic acids is 1. The third-order valence-corrected chi connectivity index (χ3v) is 7.03. The minimum Gasteiger partial charge on any atom is -0.481 e. The Balaban J connectivity index is 1.57. The van der Waals surface area contributed by atoms with Gasteiger partial charge in [-0.05, 0) is 41.5 Å². The highest BCUT2D eigenvalue weighted by atomic mass is 16.5. The van der Waals surface area contributed by atoms with Crippen LogP contribution in [0.1, 0.15) is 57.1 Å². The molecule has 0 aromatic heterocycles. The van der Waals surface area contributed by atoms with Gasteiger partial charge in [-0.3, -0.25) is 9.59 Å². The predicted octanol–water partition coefficient (Wildman–Crippen LogP) is 4.56. The maximum absolute atomic E-state index is 12.9. The number of carbonyl (C=O) groups is 3. The van der Waals surface area contributed by atoms with E-state index in [1.165, 1.54) is 0 Å². The molecule has 7 heteroatoms. The summed E-state index contributed by atoms with van der Waals surface area (Å²) in [6.07, 6.45) is 0.867. The second-order valence-corrected chi connectivity index (χ2v) is 8.95. The molecule has 1 unspecified atom stereocenters. The summed E-state index contributed by atoms with van der Waals surface area (Å²) in [7, 11) is 0. The van der Waals surface area contributed by atoms with E-state index in [0.717, 1.165) is 22.3 Å². The highest BCUT2D eigenvalue weighted by molar-refractivity contribution is 5.83. The highest BCUT2D eigenvalue weighted by Gasteiger charge is 2.36. The van der Waals surface area contributed by atoms with Gasteiger partial charge in [0.1, 0.15) is 6.61 Å². The van der Waals surface area contributed by atoms with Crippen molar-refractivity contribution in [1.82, 2.24) is 10.6 Å². The van der Waals surface area contributed by atoms with E-state index in [1.807, 2.05) is 38.1 Å². The number of hydrogen-bond donors (Lipinski definition) is 3. The third kappa shape index (κ3) is 5.41. The molecule has 0 radical (unpaired) electrons. The normalized spacial score (nSPS) is 13.5. The summed E-state index contributed by atoms with van der Waals surface area (Å²) >= 11 is 0. The van der Waals surface area contributed by atoms with E-state index in [0.29, 0.717) is 19.3 Å². The van der Waals surface area contributed by atoms with Crippen molar-refractivity contribution in [3.8, 4) is 11.1 Å². The largest absolute Gasteiger partial charge is 0.481 e. The molecule has 0 fully saturated rings. The zero-order valence-electron chi connectivity index (χ0n) is 20.1. The van der Waals surface area contributed by atoms with Crippen LogP contribution in [0, 0.1) is 11.3 Å². The van der Waals surface area contributed by atoms with Crippen LogP contribution >= 0.6 is 0 Å². The Morgan fingerprint density at radius 3 is 2.06 bits per heavy atom. The Bertz CT molecular complexity index is 986. The molecule has 3 rings (SSSR count). The molecule has 2 amide bonds. The molecule has 1 aliphatic carbocycles. The van der Waals surface area contributed by atoms with Crippen LogP contribution in [-0.4, -0.2) is 42.8 Å². The number of fused-ring (bicyclic) bond motifs is 3. The number of nitrogens with one attached hydrogen (secondary N) is 2. The second kappa shape index (κ2) is 11.2. The summed E-state index contributed by atoms with van der Waals surface area (Å²) in [6.45, 7) is 6.06. The minimum atomic E-state index is -0.886. The molecule has 3 N–H and O–H groups in total. The van der Waals surface area contributed by atoms with Gasteiger partial charge >= 0.3 is 12.1 Å². The number of carboxylic acids is 1. The molecular formula is C27H34N2O5. The fourth-order valence-electron chi connectivity index (χ4n) is 4.51. The van der Waals surface area contributed by atoms with Crippen LogP contribution < -0.4 is 10.6 Å². The number of alkyl carbamates (subject to hydrolysis) is 1. The standard InChI is InChI=1S/C27H34N2O5/c1-4-27(5-2,25(32)28-15-14-18(3)24(30)31)17-29-26(33)34-16-23-21-12-8-6-10-19(21)20-11-7-9-13-22(20)23/h6-13,18,23H,4-5,14-17H2,1-3H3,(H,28,32)(H,29,33)(H,30,31). The Morgan fingerprint density at radius 2 is 1.53 bits per heavy atom. The first-order chi connectivity index (χ1) is 16.3. The van der Waals surface area contributed by atoms with Crippen molar-refractivity contribution < 1.29 is 24.2 Å². The minimum absolute atomic E-state index is 0.0280. The topological polar surface area (TPSA) is 105 Å². The number of ether oxygens (including phenoxy) is 1. The molecule has 0 spiro atoms. The summed E-state index contributed by atoms with van der Waals surface area (Å²) in [6, 6.07) is 16.3. The molecule has 1 atom stereocenters. The van der Waals surface area contributed by atoms with E-state index in [2.05, 4.69) is 34.9 Å². The van der Waals surface area contributed by atoms with Crippen LogP contribution in [0.2, 0.25) is 0 Å². The van der Waals surface area contributed by atoms with E-state index >= 15 is 0 Å². The first kappa shape index (κ1) is 25.3. The highest BCUT2D eigenvalue weighted by Crippen LogP contribution is 2.44. The molecule has 182 valence electrons. The van der Waals surface area contributed by atoms with Crippen molar-refractivity contribution in [2.45, 2.75) is 46.0 Å². The van der Waals surface area contributed by atoms with Gasteiger partial charge in [-0.1, -0.05) is 69.3 Å². The molecule has 0 heterocycles. The van der Waals surface area contributed by atoms with E-state index in [9.17, 15) is 14.4 Å². The molecule has 0 bridgehead atoms. The van der Waals surface area contributed by atoms with Gasteiger partial charge in [0.2, 0.25) is 5.91 Å². The monoisotopic (exact) mass is 466 g/mol. The van der Waals surface area contributed by atoms with E-state index in [4.69, 9.17) is 9.84 Å². The maximum Gasteiger partial charge on any atom is 0.407 e. The number of amides is 2. The first-order valence-corrected chi connectivity index (χ1v) is 11.9. The maximum atomic E-state index is 12.9. The summed E-state index contributed by atoms with van der Waals surface area (Å²) in [5.41, 5.74) is 3.83. The van der Waals surface area contributed by atoms with Gasteiger partial charge in [0.15, 0.2) is 0 Å². The molecular weight excluding hydrogens is 432 g/mol. The van der Waals surface area contributed by atoms with Gasteiger partial charge in [-0.2, -0.15) is 0 Å². The lowest BCUT2D eigenvalue weighted by Gasteiger charge is -2.30. The number of hydrogen-bond acceptors (Lipinski definition) is 4. The van der Waals surface area contributed by atoms with Crippen molar-refractivity contribution in [2.75, 3.05) is 19.7 Å². The van der Waals surface area contributed by atoms with E-state index in [-0.39, 0.29) is 31.5 Å². The van der Waals surface area contributed by atoms with Crippen molar-refractivity contribution in [3.63, 3.8) is 0 Å². The third-order valence-electron chi connectivity index (χ3n) is 7.03. The number of rotatable bonds is 11. The molecule has 0 saturated heterocycles. The quantitative estimate of drug-likeness (QED) is 0.450. The van der Waals surface area contributed by atoms with Gasteiger partial charge in [-0.15, -0.1) is 0 Å². The fraction of sp³-hybridized carbons (Fsp3) is 0.444. The lowest BCUT2D eigenvalue weighted by Crippen LogP contribution is -2.48. The van der Waals surface area contributed by atoms with Crippen molar-refractivity contribution >= 4 is 18.0 Å². The fourth-order valence-corrected chi connectivity index (χ4v) is 4.51. The number of carbonyl (C=O) groups excluding carboxylic acids is 2. The predicted molar refractivity (Wildman–Crippen MR) is 131 cm³/mol. The van der Waals surface area contributed by atoms with Crippen molar-refractivity contribution in [2.24, 2.45) is 11.3 Å². The van der Waals surface area contributed by atoms with Crippen LogP contribution in [0.15, 0.2) is 48.5 Å². The zero-order valence-corrected chi connectivity index (χ0v) is 20.1. The van der Waals surface area contributed by atoms with Crippen LogP contribution in [-0.2, 0) is 14.3 Å². The smallest absolute Gasteiger partial charge is 0.407 e. The number of benzene rings is 2. The summed E-state index contributed by atoms with van der Waals surface area (Å²) in [4.78, 5) is 36.4. The van der Waals surface area contributed by atoms with Crippen LogP contribution in [0.25, 0.3) is 11.1 Å². The Kier molecular flexibility index (Phi) is 8.31. The van der Waals surface area contributed by atoms with Gasteiger partial charge in [-0.25, -0.2) is 4.79 Å². The Hall–Kier alpha value is -3.35. The molecule has 2 aromatic rings. The number of carboxylic acid groups (broad SMARTS) is 1. The molecule has 34 heavy (non-hydrogen) atoms. The average Bonchev–Trinajstić information content (AvgIpc) is 3.17. The van der Waals surface area contributed by atoms with Gasteiger partial charge in [0.05, 0.1) is 11.3 Å². The summed E-state index contributed by atoms with van der Waals surface area (Å²) in [5, 5.41) is 14.6. The molecule has 2 aromatic carbocycles. The summed E-state index contributed by atoms with van der Waals surface area (Å²) in [5.74, 6) is -1.63. The van der Waals surface area contributed by atoms with Gasteiger partial charge in [0, 0.05) is 19.0 Å². The molecule has 0 saturated carbocycles. The Morgan fingerprint density at radius 1 is 0.971 bits per heavy atom. The zero-order chi connectivity index (χ0) is 24.7. The van der Waals surface area contributed by atoms with E-state index in [1.54, 1.807) is 6.92 Å². The van der Waals surface area contributed by atoms with Crippen molar-refractivity contribution in [3.05, 3.63) is 59.7 Å². The average molecular weight is 467 g/mol. The Labute approximate surface area is 200 Å². The first-order valence-electron chi connectivity index (χ1n) is 11.9. The van der Waals surface area contributed by atoms with Crippen LogP contribution in [0.5, 0.6) is 0 Å². The summed E-state index contributed by atoms with van der Waals surface area (Å²) < 4.78 is 5.60. The lowest BCUT2D eigenvalue weighted by molar-refractivity contribution is -0.141. The van der Waals surface area contributed by atoms with E-state index < -0.39 is 23.4 Å².